The number of nitrogens with two attached hydrogens (primary N) is 1. The minimum absolute atomic E-state index is 0.507. The van der Waals surface area contributed by atoms with Crippen molar-refractivity contribution in [1.29, 1.82) is 0 Å². The van der Waals surface area contributed by atoms with E-state index in [9.17, 15) is 8.78 Å². The van der Waals surface area contributed by atoms with Crippen molar-refractivity contribution in [2.24, 2.45) is 5.73 Å². The van der Waals surface area contributed by atoms with Crippen molar-refractivity contribution < 1.29 is 13.2 Å². The molecule has 1 aromatic carbocycles. The molecule has 0 fully saturated rings. The van der Waals surface area contributed by atoms with Gasteiger partial charge in [-0.05, 0) is 30.7 Å². The fourth-order valence-electron chi connectivity index (χ4n) is 1.53. The summed E-state index contributed by atoms with van der Waals surface area (Å²) >= 11 is 0. The lowest BCUT2D eigenvalue weighted by molar-refractivity contribution is 0.506. The Morgan fingerprint density at radius 3 is 2.44 bits per heavy atom. The van der Waals surface area contributed by atoms with Gasteiger partial charge in [0.05, 0.1) is 12.3 Å². The molecule has 0 bridgehead atoms. The molecule has 1 heterocycles. The molecule has 2 N–H and O–H groups in total. The van der Waals surface area contributed by atoms with Gasteiger partial charge in [0, 0.05) is 5.56 Å². The van der Waals surface area contributed by atoms with Crippen molar-refractivity contribution in [1.82, 2.24) is 0 Å². The highest BCUT2D eigenvalue weighted by atomic mass is 19.2. The first-order valence-corrected chi connectivity index (χ1v) is 4.83. The first-order valence-electron chi connectivity index (χ1n) is 4.83. The van der Waals surface area contributed by atoms with Crippen LogP contribution in [0.4, 0.5) is 8.78 Å². The topological polar surface area (TPSA) is 39.2 Å². The number of rotatable bonds is 2. The average molecular weight is 223 g/mol. The SMILES string of the molecule is Cc1cc(C(N)c2ccc(F)c(F)c2)co1. The molecule has 1 unspecified atom stereocenters. The summed E-state index contributed by atoms with van der Waals surface area (Å²) < 4.78 is 30.9. The van der Waals surface area contributed by atoms with Gasteiger partial charge in [-0.2, -0.15) is 0 Å². The monoisotopic (exact) mass is 223 g/mol. The summed E-state index contributed by atoms with van der Waals surface area (Å²) in [6, 6.07) is 4.89. The van der Waals surface area contributed by atoms with Crippen LogP contribution in [0.2, 0.25) is 0 Å². The molecule has 2 aromatic rings. The molecule has 0 saturated carbocycles. The van der Waals surface area contributed by atoms with Gasteiger partial charge in [-0.15, -0.1) is 0 Å². The van der Waals surface area contributed by atoms with Gasteiger partial charge in [0.15, 0.2) is 11.6 Å². The van der Waals surface area contributed by atoms with E-state index in [1.54, 1.807) is 13.0 Å². The molecular formula is C12H11F2NO. The zero-order chi connectivity index (χ0) is 11.7. The summed E-state index contributed by atoms with van der Waals surface area (Å²) in [5.74, 6) is -1.04. The fraction of sp³-hybridized carbons (Fsp3) is 0.167. The smallest absolute Gasteiger partial charge is 0.159 e. The Hall–Kier alpha value is -1.68. The van der Waals surface area contributed by atoms with E-state index in [1.165, 1.54) is 12.3 Å². The Bertz CT molecular complexity index is 507. The lowest BCUT2D eigenvalue weighted by atomic mass is 10.0. The molecule has 0 amide bonds. The predicted molar refractivity (Wildman–Crippen MR) is 55.8 cm³/mol. The van der Waals surface area contributed by atoms with Crippen molar-refractivity contribution in [3.8, 4) is 0 Å². The van der Waals surface area contributed by atoms with Gasteiger partial charge < -0.3 is 10.2 Å². The Morgan fingerprint density at radius 1 is 1.12 bits per heavy atom. The molecular weight excluding hydrogens is 212 g/mol. The highest BCUT2D eigenvalue weighted by Gasteiger charge is 2.13. The Morgan fingerprint density at radius 2 is 1.88 bits per heavy atom. The maximum Gasteiger partial charge on any atom is 0.159 e. The Balaban J connectivity index is 2.33. The Labute approximate surface area is 91.7 Å². The maximum absolute atomic E-state index is 13.0. The number of benzene rings is 1. The standard InChI is InChI=1S/C12H11F2NO/c1-7-4-9(6-16-7)12(15)8-2-3-10(13)11(14)5-8/h2-6,12H,15H2,1H3. The van der Waals surface area contributed by atoms with Crippen molar-refractivity contribution in [2.75, 3.05) is 0 Å². The molecule has 1 atom stereocenters. The van der Waals surface area contributed by atoms with E-state index in [4.69, 9.17) is 10.2 Å². The maximum atomic E-state index is 13.0. The summed E-state index contributed by atoms with van der Waals surface area (Å²) in [5.41, 5.74) is 7.15. The van der Waals surface area contributed by atoms with Gasteiger partial charge >= 0.3 is 0 Å². The summed E-state index contributed by atoms with van der Waals surface area (Å²) in [6.45, 7) is 1.79. The normalized spacial score (nSPS) is 12.8. The third kappa shape index (κ3) is 1.97. The number of halogens is 2. The molecule has 0 aliphatic rings. The van der Waals surface area contributed by atoms with Gasteiger partial charge in [-0.3, -0.25) is 0 Å². The molecule has 0 aliphatic heterocycles. The van der Waals surface area contributed by atoms with Crippen molar-refractivity contribution in [3.05, 3.63) is 59.1 Å². The van der Waals surface area contributed by atoms with E-state index in [0.717, 1.165) is 23.5 Å². The lowest BCUT2D eigenvalue weighted by Crippen LogP contribution is -2.11. The highest BCUT2D eigenvalue weighted by molar-refractivity contribution is 5.30. The van der Waals surface area contributed by atoms with E-state index in [-0.39, 0.29) is 0 Å². The van der Waals surface area contributed by atoms with Crippen LogP contribution in [0.25, 0.3) is 0 Å². The van der Waals surface area contributed by atoms with Crippen LogP contribution in [0.3, 0.4) is 0 Å². The van der Waals surface area contributed by atoms with Crippen LogP contribution in [-0.4, -0.2) is 0 Å². The third-order valence-electron chi connectivity index (χ3n) is 2.41. The molecule has 0 aliphatic carbocycles. The number of aryl methyl sites for hydroxylation is 1. The minimum Gasteiger partial charge on any atom is -0.469 e. The first-order chi connectivity index (χ1) is 7.58. The van der Waals surface area contributed by atoms with Gasteiger partial charge in [0.1, 0.15) is 5.76 Å². The summed E-state index contributed by atoms with van der Waals surface area (Å²) in [7, 11) is 0. The zero-order valence-electron chi connectivity index (χ0n) is 8.71. The molecule has 1 aromatic heterocycles. The summed E-state index contributed by atoms with van der Waals surface area (Å²) in [4.78, 5) is 0. The number of hydrogen-bond donors (Lipinski definition) is 1. The lowest BCUT2D eigenvalue weighted by Gasteiger charge is -2.09. The zero-order valence-corrected chi connectivity index (χ0v) is 8.71. The van der Waals surface area contributed by atoms with Crippen LogP contribution in [0, 0.1) is 18.6 Å². The van der Waals surface area contributed by atoms with Crippen LogP contribution in [0.1, 0.15) is 22.9 Å². The number of furan rings is 1. The first kappa shape index (κ1) is 10.8. The van der Waals surface area contributed by atoms with E-state index in [1.807, 2.05) is 0 Å². The van der Waals surface area contributed by atoms with Crippen molar-refractivity contribution in [2.45, 2.75) is 13.0 Å². The fourth-order valence-corrected chi connectivity index (χ4v) is 1.53. The number of hydrogen-bond acceptors (Lipinski definition) is 2. The molecule has 2 rings (SSSR count). The van der Waals surface area contributed by atoms with Crippen molar-refractivity contribution >= 4 is 0 Å². The molecule has 0 spiro atoms. The largest absolute Gasteiger partial charge is 0.469 e. The third-order valence-corrected chi connectivity index (χ3v) is 2.41. The van der Waals surface area contributed by atoms with E-state index in [0.29, 0.717) is 5.56 Å². The highest BCUT2D eigenvalue weighted by Crippen LogP contribution is 2.22. The van der Waals surface area contributed by atoms with Crippen molar-refractivity contribution in [3.63, 3.8) is 0 Å². The quantitative estimate of drug-likeness (QED) is 0.850. The van der Waals surface area contributed by atoms with Crippen LogP contribution < -0.4 is 5.73 Å². The van der Waals surface area contributed by atoms with Crippen LogP contribution in [0.5, 0.6) is 0 Å². The van der Waals surface area contributed by atoms with E-state index in [2.05, 4.69) is 0 Å². The summed E-state index contributed by atoms with van der Waals surface area (Å²) in [5, 5.41) is 0. The second-order valence-corrected chi connectivity index (χ2v) is 3.64. The molecule has 0 saturated heterocycles. The predicted octanol–water partition coefficient (Wildman–Crippen LogP) is 2.91. The Kier molecular flexibility index (Phi) is 2.75. The summed E-state index contributed by atoms with van der Waals surface area (Å²) in [6.07, 6.45) is 1.52. The van der Waals surface area contributed by atoms with E-state index < -0.39 is 17.7 Å². The minimum atomic E-state index is -0.895. The molecule has 16 heavy (non-hydrogen) atoms. The molecule has 2 nitrogen and oxygen atoms in total. The molecule has 84 valence electrons. The van der Waals surface area contributed by atoms with E-state index >= 15 is 0 Å². The van der Waals surface area contributed by atoms with Gasteiger partial charge in [0.2, 0.25) is 0 Å². The van der Waals surface area contributed by atoms with Crippen LogP contribution >= 0.6 is 0 Å². The van der Waals surface area contributed by atoms with Gasteiger partial charge in [-0.1, -0.05) is 6.07 Å². The van der Waals surface area contributed by atoms with Crippen LogP contribution in [0.15, 0.2) is 34.9 Å². The van der Waals surface area contributed by atoms with Gasteiger partial charge in [-0.25, -0.2) is 8.78 Å². The van der Waals surface area contributed by atoms with Crippen LogP contribution in [-0.2, 0) is 0 Å². The molecule has 4 heteroatoms. The second kappa shape index (κ2) is 4.06. The van der Waals surface area contributed by atoms with Gasteiger partial charge in [0.25, 0.3) is 0 Å². The second-order valence-electron chi connectivity index (χ2n) is 3.64. The molecule has 0 radical (unpaired) electrons. The average Bonchev–Trinajstić information content (AvgIpc) is 2.68.